The van der Waals surface area contributed by atoms with Gasteiger partial charge >= 0.3 is 5.97 Å². The highest BCUT2D eigenvalue weighted by Crippen LogP contribution is 1.93. The Morgan fingerprint density at radius 3 is 2.06 bits per heavy atom. The third kappa shape index (κ3) is 15.4. The highest BCUT2D eigenvalue weighted by Gasteiger charge is 2.05. The zero-order valence-electron chi connectivity index (χ0n) is 11.0. The van der Waals surface area contributed by atoms with Crippen LogP contribution >= 0.6 is 0 Å². The van der Waals surface area contributed by atoms with Crippen LogP contribution in [0.15, 0.2) is 0 Å². The number of amides is 1. The summed E-state index contributed by atoms with van der Waals surface area (Å²) in [6.45, 7) is 7.08. The lowest BCUT2D eigenvalue weighted by Gasteiger charge is -1.91. The Balaban J connectivity index is 0. The second-order valence-corrected chi connectivity index (χ2v) is 3.49. The molecule has 1 saturated heterocycles. The van der Waals surface area contributed by atoms with E-state index in [4.69, 9.17) is 0 Å². The predicted molar refractivity (Wildman–Crippen MR) is 65.1 cm³/mol. The summed E-state index contributed by atoms with van der Waals surface area (Å²) in [4.78, 5) is 20.3. The van der Waals surface area contributed by atoms with Crippen LogP contribution in [0.4, 0.5) is 0 Å². The zero-order valence-corrected chi connectivity index (χ0v) is 11.0. The summed E-state index contributed by atoms with van der Waals surface area (Å²) in [5.74, 6) is 0.0810. The van der Waals surface area contributed by atoms with E-state index in [0.717, 1.165) is 25.8 Å². The van der Waals surface area contributed by atoms with Crippen molar-refractivity contribution in [3.05, 3.63) is 0 Å². The van der Waals surface area contributed by atoms with Crippen molar-refractivity contribution >= 4 is 11.9 Å². The number of nitrogens with one attached hydrogen (secondary N) is 1. The third-order valence-electron chi connectivity index (χ3n) is 1.58. The maximum Gasteiger partial charge on any atom is 0.305 e. The Morgan fingerprint density at radius 1 is 1.38 bits per heavy atom. The fourth-order valence-corrected chi connectivity index (χ4v) is 0.871. The van der Waals surface area contributed by atoms with Crippen LogP contribution < -0.4 is 5.32 Å². The van der Waals surface area contributed by atoms with E-state index in [0.29, 0.717) is 6.42 Å². The van der Waals surface area contributed by atoms with E-state index < -0.39 is 0 Å². The van der Waals surface area contributed by atoms with Crippen LogP contribution in [-0.4, -0.2) is 25.5 Å². The summed E-state index contributed by atoms with van der Waals surface area (Å²) in [6, 6.07) is 0. The number of rotatable bonds is 2. The second-order valence-electron chi connectivity index (χ2n) is 3.49. The van der Waals surface area contributed by atoms with Gasteiger partial charge < -0.3 is 10.1 Å². The average molecular weight is 231 g/mol. The van der Waals surface area contributed by atoms with E-state index in [1.165, 1.54) is 13.5 Å². The van der Waals surface area contributed by atoms with Crippen molar-refractivity contribution in [1.29, 1.82) is 0 Å². The molecule has 1 N–H and O–H groups in total. The highest BCUT2D eigenvalue weighted by molar-refractivity contribution is 5.77. The number of methoxy groups -OCH3 is 1. The summed E-state index contributed by atoms with van der Waals surface area (Å²) in [5, 5.41) is 2.68. The van der Waals surface area contributed by atoms with Gasteiger partial charge in [-0.05, 0) is 12.8 Å². The van der Waals surface area contributed by atoms with E-state index >= 15 is 0 Å². The molecule has 0 radical (unpaired) electrons. The van der Waals surface area contributed by atoms with Gasteiger partial charge in [-0.1, -0.05) is 27.2 Å². The standard InChI is InChI=1S/C5H10O2.C4H7NO.C3H8/c1-3-4-5(6)7-2;6-4-2-1-3-5-4;1-3-2/h3-4H2,1-2H3;1-3H2,(H,5,6);3H2,1-2H3. The predicted octanol–water partition coefficient (Wildman–Crippen LogP) is 2.27. The van der Waals surface area contributed by atoms with Gasteiger partial charge in [0.25, 0.3) is 0 Å². The molecule has 4 heteroatoms. The molecule has 0 aromatic carbocycles. The lowest BCUT2D eigenvalue weighted by atomic mass is 10.3. The van der Waals surface area contributed by atoms with Gasteiger partial charge in [-0.25, -0.2) is 0 Å². The van der Waals surface area contributed by atoms with E-state index in [2.05, 4.69) is 23.9 Å². The van der Waals surface area contributed by atoms with E-state index in [1.54, 1.807) is 0 Å². The number of esters is 1. The molecule has 1 rings (SSSR count). The minimum absolute atomic E-state index is 0.123. The molecule has 16 heavy (non-hydrogen) atoms. The molecule has 0 saturated carbocycles. The van der Waals surface area contributed by atoms with Gasteiger partial charge in [-0.3, -0.25) is 9.59 Å². The number of hydrogen-bond donors (Lipinski definition) is 1. The quantitative estimate of drug-likeness (QED) is 0.742. The molecule has 1 fully saturated rings. The van der Waals surface area contributed by atoms with Crippen molar-refractivity contribution in [3.8, 4) is 0 Å². The molecule has 0 atom stereocenters. The smallest absolute Gasteiger partial charge is 0.305 e. The molecule has 0 unspecified atom stereocenters. The van der Waals surface area contributed by atoms with Crippen LogP contribution in [0.25, 0.3) is 0 Å². The van der Waals surface area contributed by atoms with Gasteiger partial charge in [0, 0.05) is 19.4 Å². The maximum atomic E-state index is 10.2. The molecule has 0 aromatic heterocycles. The minimum atomic E-state index is -0.123. The van der Waals surface area contributed by atoms with Crippen LogP contribution in [0.1, 0.15) is 52.9 Å². The lowest BCUT2D eigenvalue weighted by Crippen LogP contribution is -2.12. The molecule has 0 spiro atoms. The molecular weight excluding hydrogens is 206 g/mol. The van der Waals surface area contributed by atoms with Gasteiger partial charge in [0.2, 0.25) is 5.91 Å². The molecule has 0 aromatic rings. The van der Waals surface area contributed by atoms with E-state index in [9.17, 15) is 9.59 Å². The van der Waals surface area contributed by atoms with Gasteiger partial charge in [-0.2, -0.15) is 0 Å². The molecular formula is C12H25NO3. The van der Waals surface area contributed by atoms with Crippen molar-refractivity contribution in [2.24, 2.45) is 0 Å². The van der Waals surface area contributed by atoms with Crippen molar-refractivity contribution in [2.75, 3.05) is 13.7 Å². The molecule has 1 aliphatic rings. The largest absolute Gasteiger partial charge is 0.469 e. The first-order valence-electron chi connectivity index (χ1n) is 5.95. The summed E-state index contributed by atoms with van der Waals surface area (Å²) in [5.41, 5.74) is 0. The Kier molecular flexibility index (Phi) is 15.1. The summed E-state index contributed by atoms with van der Waals surface area (Å²) in [7, 11) is 1.40. The van der Waals surface area contributed by atoms with Gasteiger partial charge in [0.1, 0.15) is 0 Å². The minimum Gasteiger partial charge on any atom is -0.469 e. The lowest BCUT2D eigenvalue weighted by molar-refractivity contribution is -0.140. The number of hydrogen-bond acceptors (Lipinski definition) is 3. The average Bonchev–Trinajstić information content (AvgIpc) is 2.71. The van der Waals surface area contributed by atoms with E-state index in [1.807, 2.05) is 6.92 Å². The molecule has 1 heterocycles. The first-order chi connectivity index (χ1) is 7.62. The van der Waals surface area contributed by atoms with E-state index in [-0.39, 0.29) is 11.9 Å². The van der Waals surface area contributed by atoms with Crippen LogP contribution in [-0.2, 0) is 14.3 Å². The highest BCUT2D eigenvalue weighted by atomic mass is 16.5. The van der Waals surface area contributed by atoms with Crippen LogP contribution in [0.3, 0.4) is 0 Å². The van der Waals surface area contributed by atoms with Crippen molar-refractivity contribution < 1.29 is 14.3 Å². The molecule has 4 nitrogen and oxygen atoms in total. The Bertz CT molecular complexity index is 173. The van der Waals surface area contributed by atoms with Gasteiger partial charge in [0.15, 0.2) is 0 Å². The molecule has 1 aliphatic heterocycles. The Morgan fingerprint density at radius 2 is 1.94 bits per heavy atom. The monoisotopic (exact) mass is 231 g/mol. The number of carbonyl (C=O) groups is 2. The summed E-state index contributed by atoms with van der Waals surface area (Å²) >= 11 is 0. The molecule has 0 bridgehead atoms. The SMILES string of the molecule is CCC.CCCC(=O)OC.O=C1CCCN1. The zero-order chi connectivity index (χ0) is 12.8. The van der Waals surface area contributed by atoms with Crippen LogP contribution in [0.5, 0.6) is 0 Å². The first kappa shape index (κ1) is 17.3. The Labute approximate surface area is 98.7 Å². The first-order valence-corrected chi connectivity index (χ1v) is 5.95. The van der Waals surface area contributed by atoms with Gasteiger partial charge in [-0.15, -0.1) is 0 Å². The Hall–Kier alpha value is -1.06. The topological polar surface area (TPSA) is 55.4 Å². The normalized spacial score (nSPS) is 12.6. The third-order valence-corrected chi connectivity index (χ3v) is 1.58. The van der Waals surface area contributed by atoms with Crippen molar-refractivity contribution in [1.82, 2.24) is 5.32 Å². The second kappa shape index (κ2) is 13.9. The fourth-order valence-electron chi connectivity index (χ4n) is 0.871. The number of carbonyl (C=O) groups excluding carboxylic acids is 2. The van der Waals surface area contributed by atoms with Crippen molar-refractivity contribution in [2.45, 2.75) is 52.9 Å². The van der Waals surface area contributed by atoms with Crippen LogP contribution in [0, 0.1) is 0 Å². The van der Waals surface area contributed by atoms with Crippen LogP contribution in [0.2, 0.25) is 0 Å². The summed E-state index contributed by atoms with van der Waals surface area (Å²) in [6.07, 6.45) is 4.42. The molecule has 0 aliphatic carbocycles. The fraction of sp³-hybridized carbons (Fsp3) is 0.833. The molecule has 96 valence electrons. The van der Waals surface area contributed by atoms with Gasteiger partial charge in [0.05, 0.1) is 7.11 Å². The number of ether oxygens (including phenoxy) is 1. The summed E-state index contributed by atoms with van der Waals surface area (Å²) < 4.78 is 4.35. The maximum absolute atomic E-state index is 10.2. The van der Waals surface area contributed by atoms with Crippen molar-refractivity contribution in [3.63, 3.8) is 0 Å². The molecule has 1 amide bonds.